The van der Waals surface area contributed by atoms with Crippen molar-refractivity contribution in [2.75, 3.05) is 0 Å². The Morgan fingerprint density at radius 2 is 1.57 bits per heavy atom. The molecule has 0 amide bonds. The van der Waals surface area contributed by atoms with E-state index in [1.54, 1.807) is 0 Å². The molecule has 0 atom stereocenters. The van der Waals surface area contributed by atoms with Crippen molar-refractivity contribution in [1.29, 1.82) is 0 Å². The molecule has 1 heterocycles. The molecule has 0 bridgehead atoms. The first-order valence-electron chi connectivity index (χ1n) is 5.57. The molecule has 21 heavy (non-hydrogen) atoms. The highest BCUT2D eigenvalue weighted by Gasteiger charge is 2.36. The summed E-state index contributed by atoms with van der Waals surface area (Å²) in [6.07, 6.45) is -8.80. The molecule has 0 spiro atoms. The third kappa shape index (κ3) is 3.09. The van der Waals surface area contributed by atoms with Crippen LogP contribution in [0.15, 0.2) is 41.3 Å². The fraction of sp³-hybridized carbons (Fsp3) is 0.154. The van der Waals surface area contributed by atoms with Gasteiger partial charge in [-0.1, -0.05) is 12.1 Å². The summed E-state index contributed by atoms with van der Waals surface area (Å²) in [5, 5.41) is 0. The summed E-state index contributed by atoms with van der Waals surface area (Å²) in [5.74, 6) is 0. The van der Waals surface area contributed by atoms with E-state index in [0.29, 0.717) is 12.1 Å². The van der Waals surface area contributed by atoms with Crippen LogP contribution in [0, 0.1) is 0 Å². The Morgan fingerprint density at radius 3 is 2.14 bits per heavy atom. The monoisotopic (exact) mass is 307 g/mol. The quantitative estimate of drug-likeness (QED) is 0.791. The Balaban J connectivity index is 2.71. The second kappa shape index (κ2) is 4.94. The van der Waals surface area contributed by atoms with E-state index in [9.17, 15) is 31.1 Å². The first kappa shape index (κ1) is 15.1. The van der Waals surface area contributed by atoms with E-state index in [2.05, 4.69) is 0 Å². The second-order valence-corrected chi connectivity index (χ2v) is 4.17. The van der Waals surface area contributed by atoms with Crippen LogP contribution in [0.1, 0.15) is 11.3 Å². The van der Waals surface area contributed by atoms with Gasteiger partial charge in [0.2, 0.25) is 0 Å². The number of benzene rings is 1. The topological polar surface area (TPSA) is 32.9 Å². The largest absolute Gasteiger partial charge is 0.431 e. The fourth-order valence-electron chi connectivity index (χ4n) is 1.84. The lowest BCUT2D eigenvalue weighted by atomic mass is 10.0. The number of aromatic amines is 1. The minimum absolute atomic E-state index is 0.445. The van der Waals surface area contributed by atoms with Gasteiger partial charge in [-0.05, 0) is 17.7 Å². The first-order valence-corrected chi connectivity index (χ1v) is 5.57. The van der Waals surface area contributed by atoms with Gasteiger partial charge >= 0.3 is 12.4 Å². The number of hydrogen-bond acceptors (Lipinski definition) is 1. The Hall–Kier alpha value is -2.25. The van der Waals surface area contributed by atoms with E-state index in [-0.39, 0.29) is 0 Å². The van der Waals surface area contributed by atoms with Crippen LogP contribution in [0.4, 0.5) is 26.3 Å². The molecule has 0 aliphatic carbocycles. The van der Waals surface area contributed by atoms with E-state index in [0.717, 1.165) is 24.4 Å². The summed E-state index contributed by atoms with van der Waals surface area (Å²) in [5.41, 5.74) is -4.80. The maximum absolute atomic E-state index is 12.9. The molecular formula is C13H7F6NO. The van der Waals surface area contributed by atoms with Gasteiger partial charge in [0.05, 0.1) is 11.1 Å². The summed E-state index contributed by atoms with van der Waals surface area (Å²) in [7, 11) is 0. The second-order valence-electron chi connectivity index (χ2n) is 4.17. The van der Waals surface area contributed by atoms with E-state index in [1.807, 2.05) is 4.98 Å². The third-order valence-electron chi connectivity index (χ3n) is 2.72. The molecule has 0 unspecified atom stereocenters. The predicted molar refractivity (Wildman–Crippen MR) is 62.5 cm³/mol. The van der Waals surface area contributed by atoms with Crippen molar-refractivity contribution in [2.24, 2.45) is 0 Å². The molecule has 0 aliphatic heterocycles. The number of alkyl halides is 6. The lowest BCUT2D eigenvalue weighted by Gasteiger charge is -2.13. The number of hydrogen-bond donors (Lipinski definition) is 1. The minimum atomic E-state index is -4.88. The number of rotatable bonds is 1. The van der Waals surface area contributed by atoms with Crippen molar-refractivity contribution >= 4 is 0 Å². The zero-order valence-corrected chi connectivity index (χ0v) is 10.1. The van der Waals surface area contributed by atoms with Crippen LogP contribution in [-0.4, -0.2) is 4.98 Å². The van der Waals surface area contributed by atoms with Gasteiger partial charge in [0.25, 0.3) is 0 Å². The van der Waals surface area contributed by atoms with E-state index in [1.165, 1.54) is 0 Å². The zero-order valence-electron chi connectivity index (χ0n) is 10.1. The van der Waals surface area contributed by atoms with E-state index >= 15 is 0 Å². The van der Waals surface area contributed by atoms with Crippen LogP contribution in [0.3, 0.4) is 0 Å². The van der Waals surface area contributed by atoms with Crippen LogP contribution in [0.2, 0.25) is 0 Å². The number of pyridine rings is 1. The molecule has 2 rings (SSSR count). The Morgan fingerprint density at radius 1 is 0.905 bits per heavy atom. The maximum atomic E-state index is 12.9. The van der Waals surface area contributed by atoms with Crippen molar-refractivity contribution < 1.29 is 26.3 Å². The lowest BCUT2D eigenvalue weighted by molar-refractivity contribution is -0.140. The average molecular weight is 307 g/mol. The van der Waals surface area contributed by atoms with E-state index < -0.39 is 40.2 Å². The van der Waals surface area contributed by atoms with Gasteiger partial charge in [-0.15, -0.1) is 0 Å². The summed E-state index contributed by atoms with van der Waals surface area (Å²) >= 11 is 0. The van der Waals surface area contributed by atoms with E-state index in [4.69, 9.17) is 0 Å². The lowest BCUT2D eigenvalue weighted by Crippen LogP contribution is -2.17. The average Bonchev–Trinajstić information content (AvgIpc) is 2.36. The first-order chi connectivity index (χ1) is 9.60. The molecule has 1 aromatic heterocycles. The van der Waals surface area contributed by atoms with Crippen molar-refractivity contribution in [2.45, 2.75) is 12.4 Å². The van der Waals surface area contributed by atoms with Crippen molar-refractivity contribution in [3.8, 4) is 11.1 Å². The summed E-state index contributed by atoms with van der Waals surface area (Å²) in [6, 6.07) is 4.03. The van der Waals surface area contributed by atoms with Gasteiger partial charge in [0, 0.05) is 12.3 Å². The van der Waals surface area contributed by atoms with Crippen LogP contribution in [-0.2, 0) is 12.4 Å². The Labute approximate surface area is 114 Å². The molecule has 0 aliphatic rings. The Bertz CT molecular complexity index is 714. The van der Waals surface area contributed by atoms with Crippen molar-refractivity contribution in [3.63, 3.8) is 0 Å². The highest BCUT2D eigenvalue weighted by atomic mass is 19.4. The predicted octanol–water partition coefficient (Wildman–Crippen LogP) is 4.08. The van der Waals surface area contributed by atoms with Crippen LogP contribution in [0.5, 0.6) is 0 Å². The Kier molecular flexibility index (Phi) is 3.56. The molecule has 0 fully saturated rings. The summed E-state index contributed by atoms with van der Waals surface area (Å²) in [4.78, 5) is 13.5. The summed E-state index contributed by atoms with van der Waals surface area (Å²) in [6.45, 7) is 0. The van der Waals surface area contributed by atoms with Crippen LogP contribution in [0.25, 0.3) is 11.1 Å². The maximum Gasteiger partial charge on any atom is 0.431 e. The summed E-state index contributed by atoms with van der Waals surface area (Å²) < 4.78 is 76.4. The molecule has 1 N–H and O–H groups in total. The molecule has 0 saturated carbocycles. The van der Waals surface area contributed by atoms with Crippen LogP contribution >= 0.6 is 0 Å². The molecular weight excluding hydrogens is 300 g/mol. The molecule has 8 heteroatoms. The highest BCUT2D eigenvalue weighted by Crippen LogP contribution is 2.36. The SMILES string of the molecule is O=c1cc[nH]c(C(F)(F)F)c1-c1cccc(C(F)(F)F)c1. The smallest absolute Gasteiger partial charge is 0.357 e. The molecule has 0 saturated heterocycles. The van der Waals surface area contributed by atoms with Gasteiger partial charge in [-0.25, -0.2) is 0 Å². The van der Waals surface area contributed by atoms with Crippen molar-refractivity contribution in [3.05, 3.63) is 58.0 Å². The number of H-pyrrole nitrogens is 1. The number of nitrogens with one attached hydrogen (secondary N) is 1. The zero-order chi connectivity index (χ0) is 15.8. The van der Waals surface area contributed by atoms with Gasteiger partial charge in [-0.2, -0.15) is 26.3 Å². The van der Waals surface area contributed by atoms with Gasteiger partial charge < -0.3 is 4.98 Å². The molecule has 0 radical (unpaired) electrons. The number of halogens is 6. The van der Waals surface area contributed by atoms with Gasteiger partial charge in [-0.3, -0.25) is 4.79 Å². The normalized spacial score (nSPS) is 12.5. The molecule has 1 aromatic carbocycles. The number of aromatic nitrogens is 1. The molecule has 2 nitrogen and oxygen atoms in total. The molecule has 2 aromatic rings. The molecule has 112 valence electrons. The van der Waals surface area contributed by atoms with Crippen LogP contribution < -0.4 is 5.43 Å². The standard InChI is InChI=1S/C13H7F6NO/c14-12(15,16)8-3-1-2-7(6-8)10-9(21)4-5-20-11(10)13(17,18)19/h1-6H,(H,20,21). The van der Waals surface area contributed by atoms with Gasteiger partial charge in [0.1, 0.15) is 5.69 Å². The van der Waals surface area contributed by atoms with Crippen molar-refractivity contribution in [1.82, 2.24) is 4.98 Å². The van der Waals surface area contributed by atoms with Gasteiger partial charge in [0.15, 0.2) is 5.43 Å². The third-order valence-corrected chi connectivity index (χ3v) is 2.72. The minimum Gasteiger partial charge on any atom is -0.357 e. The highest BCUT2D eigenvalue weighted by molar-refractivity contribution is 5.67. The fourth-order valence-corrected chi connectivity index (χ4v) is 1.84.